The van der Waals surface area contributed by atoms with Gasteiger partial charge in [-0.3, -0.25) is 4.79 Å². The van der Waals surface area contributed by atoms with Gasteiger partial charge in [0.15, 0.2) is 0 Å². The molecular weight excluding hydrogens is 194 g/mol. The number of aliphatic hydroxyl groups excluding tert-OH is 1. The second kappa shape index (κ2) is 9.93. The maximum absolute atomic E-state index is 11.3. The molecule has 0 fully saturated rings. The van der Waals surface area contributed by atoms with Crippen molar-refractivity contribution >= 4 is 5.91 Å². The lowest BCUT2D eigenvalue weighted by molar-refractivity contribution is -0.122. The molecule has 0 radical (unpaired) electrons. The van der Waals surface area contributed by atoms with Gasteiger partial charge in [0.05, 0.1) is 6.61 Å². The molecule has 0 rings (SSSR count). The van der Waals surface area contributed by atoms with Crippen molar-refractivity contribution < 1.29 is 14.6 Å². The molecule has 0 aliphatic heterocycles. The van der Waals surface area contributed by atoms with Gasteiger partial charge in [-0.15, -0.1) is 0 Å². The SMILES string of the molecule is CCCOCCC(=O)NCC(C)CCO. The lowest BCUT2D eigenvalue weighted by Crippen LogP contribution is -2.29. The van der Waals surface area contributed by atoms with E-state index in [0.717, 1.165) is 12.8 Å². The Bertz CT molecular complexity index is 162. The summed E-state index contributed by atoms with van der Waals surface area (Å²) in [4.78, 5) is 11.3. The van der Waals surface area contributed by atoms with E-state index in [4.69, 9.17) is 9.84 Å². The van der Waals surface area contributed by atoms with E-state index in [0.29, 0.717) is 32.1 Å². The predicted molar refractivity (Wildman–Crippen MR) is 59.6 cm³/mol. The van der Waals surface area contributed by atoms with E-state index < -0.39 is 0 Å². The van der Waals surface area contributed by atoms with Crippen LogP contribution in [0, 0.1) is 5.92 Å². The van der Waals surface area contributed by atoms with Crippen molar-refractivity contribution in [1.82, 2.24) is 5.32 Å². The Morgan fingerprint density at radius 2 is 2.20 bits per heavy atom. The number of amides is 1. The van der Waals surface area contributed by atoms with Crippen molar-refractivity contribution in [2.24, 2.45) is 5.92 Å². The Balaban J connectivity index is 3.32. The zero-order valence-corrected chi connectivity index (χ0v) is 9.79. The molecule has 0 aliphatic carbocycles. The lowest BCUT2D eigenvalue weighted by Gasteiger charge is -2.11. The summed E-state index contributed by atoms with van der Waals surface area (Å²) in [6.45, 7) is 6.06. The number of carbonyl (C=O) groups excluding carboxylic acids is 1. The van der Waals surface area contributed by atoms with Crippen LogP contribution in [-0.4, -0.2) is 37.4 Å². The quantitative estimate of drug-likeness (QED) is 0.565. The zero-order valence-electron chi connectivity index (χ0n) is 9.79. The fraction of sp³-hybridized carbons (Fsp3) is 0.909. The molecule has 4 nitrogen and oxygen atoms in total. The van der Waals surface area contributed by atoms with Crippen LogP contribution in [0.3, 0.4) is 0 Å². The molecule has 15 heavy (non-hydrogen) atoms. The number of hydrogen-bond donors (Lipinski definition) is 2. The number of rotatable bonds is 9. The first-order valence-electron chi connectivity index (χ1n) is 5.66. The summed E-state index contributed by atoms with van der Waals surface area (Å²) in [5.41, 5.74) is 0. The zero-order chi connectivity index (χ0) is 11.5. The lowest BCUT2D eigenvalue weighted by atomic mass is 10.1. The van der Waals surface area contributed by atoms with Crippen molar-refractivity contribution in [3.63, 3.8) is 0 Å². The first-order valence-corrected chi connectivity index (χ1v) is 5.66. The number of carbonyl (C=O) groups is 1. The van der Waals surface area contributed by atoms with Crippen molar-refractivity contribution in [2.45, 2.75) is 33.1 Å². The molecule has 0 heterocycles. The standard InChI is InChI=1S/C11H23NO3/c1-3-7-15-8-5-11(14)12-9-10(2)4-6-13/h10,13H,3-9H2,1-2H3,(H,12,14). The predicted octanol–water partition coefficient (Wildman–Crippen LogP) is 0.938. The molecule has 4 heteroatoms. The Hall–Kier alpha value is -0.610. The maximum Gasteiger partial charge on any atom is 0.222 e. The van der Waals surface area contributed by atoms with Crippen LogP contribution < -0.4 is 5.32 Å². The van der Waals surface area contributed by atoms with Gasteiger partial charge in [0.25, 0.3) is 0 Å². The van der Waals surface area contributed by atoms with Crippen molar-refractivity contribution in [2.75, 3.05) is 26.4 Å². The first-order chi connectivity index (χ1) is 7.20. The Morgan fingerprint density at radius 1 is 1.47 bits per heavy atom. The fourth-order valence-electron chi connectivity index (χ4n) is 1.11. The van der Waals surface area contributed by atoms with Crippen LogP contribution in [-0.2, 0) is 9.53 Å². The second-order valence-corrected chi connectivity index (χ2v) is 3.78. The molecule has 2 N–H and O–H groups in total. The van der Waals surface area contributed by atoms with Gasteiger partial charge in [0, 0.05) is 26.2 Å². The van der Waals surface area contributed by atoms with Crippen LogP contribution in [0.25, 0.3) is 0 Å². The average molecular weight is 217 g/mol. The van der Waals surface area contributed by atoms with Gasteiger partial charge in [-0.25, -0.2) is 0 Å². The molecule has 0 spiro atoms. The summed E-state index contributed by atoms with van der Waals surface area (Å²) >= 11 is 0. The normalized spacial score (nSPS) is 12.5. The molecule has 0 aromatic rings. The van der Waals surface area contributed by atoms with Crippen molar-refractivity contribution in [3.05, 3.63) is 0 Å². The summed E-state index contributed by atoms with van der Waals surface area (Å²) < 4.78 is 5.21. The van der Waals surface area contributed by atoms with Gasteiger partial charge in [-0.05, 0) is 18.8 Å². The Labute approximate surface area is 92.0 Å². The molecule has 1 unspecified atom stereocenters. The average Bonchev–Trinajstić information content (AvgIpc) is 2.22. The van der Waals surface area contributed by atoms with Gasteiger partial charge in [0.2, 0.25) is 5.91 Å². The molecule has 0 aliphatic rings. The minimum absolute atomic E-state index is 0.0240. The van der Waals surface area contributed by atoms with E-state index in [-0.39, 0.29) is 12.5 Å². The van der Waals surface area contributed by atoms with Gasteiger partial charge >= 0.3 is 0 Å². The van der Waals surface area contributed by atoms with E-state index in [1.165, 1.54) is 0 Å². The van der Waals surface area contributed by atoms with Crippen LogP contribution in [0.5, 0.6) is 0 Å². The van der Waals surface area contributed by atoms with E-state index in [1.54, 1.807) is 0 Å². The van der Waals surface area contributed by atoms with Crippen molar-refractivity contribution in [1.29, 1.82) is 0 Å². The van der Waals surface area contributed by atoms with E-state index in [2.05, 4.69) is 5.32 Å². The summed E-state index contributed by atoms with van der Waals surface area (Å²) in [5, 5.41) is 11.5. The van der Waals surface area contributed by atoms with Crippen LogP contribution in [0.4, 0.5) is 0 Å². The molecular formula is C11H23NO3. The van der Waals surface area contributed by atoms with Crippen molar-refractivity contribution in [3.8, 4) is 0 Å². The highest BCUT2D eigenvalue weighted by Crippen LogP contribution is 1.98. The van der Waals surface area contributed by atoms with Crippen LogP contribution in [0.2, 0.25) is 0 Å². The topological polar surface area (TPSA) is 58.6 Å². The Morgan fingerprint density at radius 3 is 2.80 bits per heavy atom. The summed E-state index contributed by atoms with van der Waals surface area (Å²) in [5.74, 6) is 0.353. The van der Waals surface area contributed by atoms with Crippen LogP contribution in [0.1, 0.15) is 33.1 Å². The van der Waals surface area contributed by atoms with Gasteiger partial charge in [-0.2, -0.15) is 0 Å². The van der Waals surface area contributed by atoms with E-state index in [1.807, 2.05) is 13.8 Å². The first kappa shape index (κ1) is 14.4. The fourth-order valence-corrected chi connectivity index (χ4v) is 1.11. The van der Waals surface area contributed by atoms with Crippen LogP contribution >= 0.6 is 0 Å². The number of nitrogens with one attached hydrogen (secondary N) is 1. The van der Waals surface area contributed by atoms with Crippen LogP contribution in [0.15, 0.2) is 0 Å². The highest BCUT2D eigenvalue weighted by molar-refractivity contribution is 5.75. The monoisotopic (exact) mass is 217 g/mol. The summed E-state index contributed by atoms with van der Waals surface area (Å²) in [6.07, 6.45) is 2.13. The maximum atomic E-state index is 11.3. The number of aliphatic hydroxyl groups is 1. The smallest absolute Gasteiger partial charge is 0.222 e. The minimum atomic E-state index is 0.0240. The highest BCUT2D eigenvalue weighted by Gasteiger charge is 2.04. The molecule has 0 aromatic heterocycles. The molecule has 90 valence electrons. The Kier molecular flexibility index (Phi) is 9.52. The molecule has 1 atom stereocenters. The van der Waals surface area contributed by atoms with E-state index >= 15 is 0 Å². The highest BCUT2D eigenvalue weighted by atomic mass is 16.5. The molecule has 0 aromatic carbocycles. The third-order valence-electron chi connectivity index (χ3n) is 2.09. The van der Waals surface area contributed by atoms with Gasteiger partial charge in [-0.1, -0.05) is 13.8 Å². The van der Waals surface area contributed by atoms with Gasteiger partial charge < -0.3 is 15.2 Å². The minimum Gasteiger partial charge on any atom is -0.396 e. The van der Waals surface area contributed by atoms with E-state index in [9.17, 15) is 4.79 Å². The number of hydrogen-bond acceptors (Lipinski definition) is 3. The second-order valence-electron chi connectivity index (χ2n) is 3.78. The van der Waals surface area contributed by atoms with Gasteiger partial charge in [0.1, 0.15) is 0 Å². The number of ether oxygens (including phenoxy) is 1. The molecule has 0 bridgehead atoms. The third-order valence-corrected chi connectivity index (χ3v) is 2.09. The third kappa shape index (κ3) is 9.69. The summed E-state index contributed by atoms with van der Waals surface area (Å²) in [7, 11) is 0. The molecule has 1 amide bonds. The largest absolute Gasteiger partial charge is 0.396 e. The molecule has 0 saturated heterocycles. The summed E-state index contributed by atoms with van der Waals surface area (Å²) in [6, 6.07) is 0. The molecule has 0 saturated carbocycles.